The predicted octanol–water partition coefficient (Wildman–Crippen LogP) is -4.29. The predicted molar refractivity (Wildman–Crippen MR) is 35.8 cm³/mol. The van der Waals surface area contributed by atoms with E-state index in [9.17, 15) is 0 Å². The highest BCUT2D eigenvalue weighted by molar-refractivity contribution is 5.02. The van der Waals surface area contributed by atoms with Gasteiger partial charge in [0.05, 0.1) is 0 Å². The van der Waals surface area contributed by atoms with Gasteiger partial charge in [0.2, 0.25) is 0 Å². The summed E-state index contributed by atoms with van der Waals surface area (Å²) in [6, 6.07) is 5.96. The van der Waals surface area contributed by atoms with Crippen molar-refractivity contribution in [3.63, 3.8) is 0 Å². The zero-order chi connectivity index (χ0) is 9.40. The number of hydrogen-bond donors (Lipinski definition) is 1. The van der Waals surface area contributed by atoms with Crippen LogP contribution in [-0.2, 0) is 6.42 Å². The molecule has 5 heteroatoms. The Kier molecular flexibility index (Phi) is 7.26. The number of rotatable bonds is 1. The minimum Gasteiger partial charge on any atom is -0.396 e. The van der Waals surface area contributed by atoms with Crippen LogP contribution in [0.4, 0.5) is 0 Å². The van der Waals surface area contributed by atoms with E-state index in [4.69, 9.17) is 10.3 Å². The van der Waals surface area contributed by atoms with Gasteiger partial charge in [-0.25, -0.2) is 0 Å². The maximum atomic E-state index is 8.68. The van der Waals surface area contributed by atoms with E-state index in [0.29, 0.717) is 0 Å². The Morgan fingerprint density at radius 2 is 2.08 bits per heavy atom. The molecule has 1 aromatic rings. The maximum absolute atomic E-state index is 8.68. The van der Waals surface area contributed by atoms with E-state index in [1.807, 2.05) is 24.4 Å². The van der Waals surface area contributed by atoms with Crippen molar-refractivity contribution in [2.24, 2.45) is 0 Å². The second-order valence-electron chi connectivity index (χ2n) is 1.88. The Bertz CT molecular complexity index is 190. The summed E-state index contributed by atoms with van der Waals surface area (Å²) in [5.41, 5.74) is 1.16. The molecule has 0 saturated carbocycles. The number of aromatic nitrogens is 1. The number of aryl methyl sites for hydroxylation is 1. The van der Waals surface area contributed by atoms with Crippen LogP contribution in [0.2, 0.25) is 0 Å². The Labute approximate surface area is 79.9 Å². The Morgan fingerprint density at radius 3 is 2.33 bits per heavy atom. The first-order valence-electron chi connectivity index (χ1n) is 3.31. The highest BCUT2D eigenvalue weighted by Gasteiger charge is 1.89. The molecule has 0 atom stereocenters. The van der Waals surface area contributed by atoms with E-state index in [1.54, 1.807) is 0 Å². The summed E-state index contributed by atoms with van der Waals surface area (Å²) in [6.45, 7) is 2.10. The van der Waals surface area contributed by atoms with Crippen LogP contribution < -0.4 is 27.9 Å². The molecule has 1 aromatic heterocycles. The highest BCUT2D eigenvalue weighted by Crippen LogP contribution is 1.91. The van der Waals surface area contributed by atoms with Gasteiger partial charge in [-0.3, -0.25) is 4.98 Å². The minimum absolute atomic E-state index is 1.03. The maximum Gasteiger partial charge on any atom is 0.503 e. The minimum atomic E-state index is -3.76. The normalized spacial score (nSPS) is 9.08. The third kappa shape index (κ3) is 7.86. The highest BCUT2D eigenvalue weighted by atomic mass is 127. The van der Waals surface area contributed by atoms with Crippen LogP contribution in [0.3, 0.4) is 0 Å². The lowest BCUT2D eigenvalue weighted by atomic mass is 10.3. The summed E-state index contributed by atoms with van der Waals surface area (Å²) < 4.78 is 24.5. The quantitative estimate of drug-likeness (QED) is 0.529. The van der Waals surface area contributed by atoms with Gasteiger partial charge in [-0.2, -0.15) is 0 Å². The van der Waals surface area contributed by atoms with Crippen molar-refractivity contribution < 1.29 is 31.4 Å². The first-order chi connectivity index (χ1) is 5.66. The average molecular weight is 283 g/mol. The third-order valence-electron chi connectivity index (χ3n) is 1.09. The Balaban J connectivity index is 0.000000261. The lowest BCUT2D eigenvalue weighted by molar-refractivity contribution is -1.63. The summed E-state index contributed by atoms with van der Waals surface area (Å²) in [5, 5.41) is 0. The van der Waals surface area contributed by atoms with E-state index >= 15 is 0 Å². The molecular formula is C7H10INO3. The molecule has 0 aromatic carbocycles. The summed E-state index contributed by atoms with van der Waals surface area (Å²) in [7, 11) is 0. The van der Waals surface area contributed by atoms with E-state index in [0.717, 1.165) is 12.1 Å². The topological polar surface area (TPSA) is 79.2 Å². The molecule has 0 unspecified atom stereocenters. The first-order valence-corrected chi connectivity index (χ1v) is 6.04. The van der Waals surface area contributed by atoms with Gasteiger partial charge in [-0.1, -0.05) is 13.0 Å². The number of nitrogens with zero attached hydrogens (tertiary/aromatic N) is 1. The Morgan fingerprint density at radius 1 is 1.50 bits per heavy atom. The van der Waals surface area contributed by atoms with Crippen molar-refractivity contribution in [1.29, 1.82) is 0 Å². The monoisotopic (exact) mass is 283 g/mol. The smallest absolute Gasteiger partial charge is 0.396 e. The van der Waals surface area contributed by atoms with Crippen LogP contribution in [0.25, 0.3) is 0 Å². The fraction of sp³-hybridized carbons (Fsp3) is 0.286. The van der Waals surface area contributed by atoms with Gasteiger partial charge in [-0.15, -0.1) is 0 Å². The van der Waals surface area contributed by atoms with E-state index in [2.05, 4.69) is 11.9 Å². The average Bonchev–Trinajstić information content (AvgIpc) is 2.05. The van der Waals surface area contributed by atoms with Crippen LogP contribution in [-0.4, -0.2) is 8.42 Å². The second kappa shape index (κ2) is 7.41. The van der Waals surface area contributed by atoms with E-state index in [1.165, 1.54) is 0 Å². The van der Waals surface area contributed by atoms with Crippen LogP contribution in [0.5, 0.6) is 0 Å². The molecule has 68 valence electrons. The van der Waals surface area contributed by atoms with Gasteiger partial charge in [0.1, 0.15) is 0 Å². The van der Waals surface area contributed by atoms with Crippen molar-refractivity contribution in [3.8, 4) is 0 Å². The standard InChI is InChI=1S/C7H9N.HIO3/c1-2-7-5-3-4-6-8-7;2-1(3)4/h3-6H,2H2,1H3;2H. The molecule has 0 amide bonds. The van der Waals surface area contributed by atoms with Crippen LogP contribution in [0.15, 0.2) is 24.4 Å². The summed E-state index contributed by atoms with van der Waals surface area (Å²) in [5.74, 6) is 0. The Hall–Kier alpha value is -0.240. The molecule has 0 aliphatic carbocycles. The molecule has 4 nitrogen and oxygen atoms in total. The molecule has 0 fully saturated rings. The largest absolute Gasteiger partial charge is 0.503 e. The van der Waals surface area contributed by atoms with Crippen LogP contribution in [0, 0.1) is 0 Å². The van der Waals surface area contributed by atoms with Gasteiger partial charge >= 0.3 is 21.1 Å². The molecule has 0 aliphatic rings. The molecule has 0 radical (unpaired) electrons. The van der Waals surface area contributed by atoms with Gasteiger partial charge in [0.15, 0.2) is 0 Å². The lowest BCUT2D eigenvalue weighted by Crippen LogP contribution is -3.98. The molecule has 1 N–H and O–H groups in total. The molecule has 1 rings (SSSR count). The van der Waals surface area contributed by atoms with Gasteiger partial charge in [0, 0.05) is 11.9 Å². The third-order valence-corrected chi connectivity index (χ3v) is 1.09. The summed E-state index contributed by atoms with van der Waals surface area (Å²) in [4.78, 5) is 4.10. The molecule has 0 saturated heterocycles. The molecule has 1 heterocycles. The molecule has 0 bridgehead atoms. The first kappa shape index (κ1) is 11.8. The van der Waals surface area contributed by atoms with Crippen molar-refractivity contribution in [1.82, 2.24) is 4.98 Å². The van der Waals surface area contributed by atoms with Crippen molar-refractivity contribution in [2.45, 2.75) is 13.3 Å². The van der Waals surface area contributed by atoms with Crippen molar-refractivity contribution in [2.75, 3.05) is 0 Å². The molecular weight excluding hydrogens is 273 g/mol. The fourth-order valence-corrected chi connectivity index (χ4v) is 0.607. The van der Waals surface area contributed by atoms with Gasteiger partial charge in [-0.05, 0) is 22.0 Å². The zero-order valence-corrected chi connectivity index (χ0v) is 8.76. The number of pyridine rings is 1. The SMILES string of the molecule is CCc1ccccn1.[O-][I+2]([O-])O. The molecule has 0 spiro atoms. The van der Waals surface area contributed by atoms with Gasteiger partial charge < -0.3 is 6.87 Å². The molecule has 12 heavy (non-hydrogen) atoms. The van der Waals surface area contributed by atoms with Crippen molar-refractivity contribution >= 4 is 0 Å². The van der Waals surface area contributed by atoms with Gasteiger partial charge in [0.25, 0.3) is 0 Å². The van der Waals surface area contributed by atoms with Crippen LogP contribution in [0.1, 0.15) is 12.6 Å². The van der Waals surface area contributed by atoms with Crippen molar-refractivity contribution in [3.05, 3.63) is 30.1 Å². The fourth-order valence-electron chi connectivity index (χ4n) is 0.607. The summed E-state index contributed by atoms with van der Waals surface area (Å²) in [6.07, 6.45) is 2.85. The number of hydrogen-bond acceptors (Lipinski definition) is 4. The summed E-state index contributed by atoms with van der Waals surface area (Å²) >= 11 is -3.76. The number of halogens is 1. The zero-order valence-electron chi connectivity index (χ0n) is 6.61. The van der Waals surface area contributed by atoms with E-state index < -0.39 is 21.1 Å². The van der Waals surface area contributed by atoms with Crippen LogP contribution >= 0.6 is 0 Å². The second-order valence-corrected chi connectivity index (χ2v) is 3.02. The van der Waals surface area contributed by atoms with E-state index in [-0.39, 0.29) is 0 Å². The molecule has 0 aliphatic heterocycles. The lowest BCUT2D eigenvalue weighted by Gasteiger charge is -1.88.